The minimum absolute atomic E-state index is 0.0821. The number of benzene rings is 1. The topological polar surface area (TPSA) is 87.7 Å². The molecule has 0 bridgehead atoms. The number of alkyl carbamates (subject to hydrolysis) is 1. The maximum Gasteiger partial charge on any atom is 0.408 e. The second-order valence-electron chi connectivity index (χ2n) is 10.2. The Bertz CT molecular complexity index is 855. The van der Waals surface area contributed by atoms with Gasteiger partial charge in [-0.1, -0.05) is 51.0 Å². The number of ether oxygens (including phenoxy) is 1. The minimum atomic E-state index is -0.912. The molecule has 34 heavy (non-hydrogen) atoms. The predicted octanol–water partition coefficient (Wildman–Crippen LogP) is 4.40. The molecule has 3 amide bonds. The van der Waals surface area contributed by atoms with Crippen LogP contribution < -0.4 is 10.6 Å². The van der Waals surface area contributed by atoms with Crippen LogP contribution in [0.2, 0.25) is 0 Å². The summed E-state index contributed by atoms with van der Waals surface area (Å²) < 4.78 is 5.35. The highest BCUT2D eigenvalue weighted by molar-refractivity contribution is 7.80. The highest BCUT2D eigenvalue weighted by Crippen LogP contribution is 2.41. The molecule has 4 atom stereocenters. The molecule has 0 spiro atoms. The second-order valence-corrected chi connectivity index (χ2v) is 10.5. The van der Waals surface area contributed by atoms with E-state index >= 15 is 0 Å². The van der Waals surface area contributed by atoms with Crippen molar-refractivity contribution in [1.29, 1.82) is 0 Å². The first-order chi connectivity index (χ1) is 16.0. The highest BCUT2D eigenvalue weighted by Gasteiger charge is 2.48. The van der Waals surface area contributed by atoms with Crippen LogP contribution in [0.5, 0.6) is 0 Å². The van der Waals surface area contributed by atoms with Crippen molar-refractivity contribution in [3.05, 3.63) is 35.4 Å². The van der Waals surface area contributed by atoms with Gasteiger partial charge in [0.05, 0.1) is 0 Å². The van der Waals surface area contributed by atoms with E-state index in [9.17, 15) is 14.4 Å². The van der Waals surface area contributed by atoms with Crippen LogP contribution >= 0.6 is 12.6 Å². The van der Waals surface area contributed by atoms with Crippen molar-refractivity contribution in [3.63, 3.8) is 0 Å². The first kappa shape index (κ1) is 28.0. The van der Waals surface area contributed by atoms with E-state index in [1.54, 1.807) is 25.7 Å². The van der Waals surface area contributed by atoms with Crippen LogP contribution in [0, 0.1) is 12.8 Å². The number of carbonyl (C=O) groups excluding carboxylic acids is 3. The van der Waals surface area contributed by atoms with E-state index in [-0.39, 0.29) is 29.5 Å². The average Bonchev–Trinajstić information content (AvgIpc) is 3.48. The van der Waals surface area contributed by atoms with E-state index in [2.05, 4.69) is 37.1 Å². The maximum atomic E-state index is 13.8. The van der Waals surface area contributed by atoms with Crippen molar-refractivity contribution < 1.29 is 19.1 Å². The maximum absolute atomic E-state index is 13.8. The van der Waals surface area contributed by atoms with E-state index in [1.807, 2.05) is 31.2 Å². The fourth-order valence-corrected chi connectivity index (χ4v) is 4.23. The Balaban J connectivity index is 2.37. The molecule has 7 nitrogen and oxygen atoms in total. The number of hydrogen-bond donors (Lipinski definition) is 3. The first-order valence-electron chi connectivity index (χ1n) is 12.3. The summed E-state index contributed by atoms with van der Waals surface area (Å²) in [6.45, 7) is 12.0. The van der Waals surface area contributed by atoms with Crippen LogP contribution in [0.25, 0.3) is 0 Å². The third kappa shape index (κ3) is 7.93. The minimum Gasteiger partial charge on any atom is -0.444 e. The lowest BCUT2D eigenvalue weighted by molar-refractivity contribution is -0.143. The zero-order valence-corrected chi connectivity index (χ0v) is 22.3. The molecule has 2 rings (SSSR count). The molecule has 0 radical (unpaired) electrons. The lowest BCUT2D eigenvalue weighted by atomic mass is 9.97. The molecule has 8 heteroatoms. The lowest BCUT2D eigenvalue weighted by Gasteiger charge is -2.35. The third-order valence-corrected chi connectivity index (χ3v) is 6.30. The Kier molecular flexibility index (Phi) is 10.3. The molecular formula is C26H41N3O4S. The zero-order chi connectivity index (χ0) is 25.5. The Morgan fingerprint density at radius 2 is 1.85 bits per heavy atom. The molecule has 190 valence electrons. The fourth-order valence-electron chi connectivity index (χ4n) is 3.98. The number of rotatable bonds is 11. The molecule has 0 aliphatic heterocycles. The summed E-state index contributed by atoms with van der Waals surface area (Å²) in [5, 5.41) is 5.70. The van der Waals surface area contributed by atoms with Gasteiger partial charge in [0.2, 0.25) is 11.8 Å². The quantitative estimate of drug-likeness (QED) is 0.316. The Hall–Kier alpha value is -2.22. The number of nitrogens with one attached hydrogen (secondary N) is 2. The molecule has 4 unspecified atom stereocenters. The zero-order valence-electron chi connectivity index (χ0n) is 21.4. The van der Waals surface area contributed by atoms with Crippen molar-refractivity contribution in [2.75, 3.05) is 12.3 Å². The predicted molar refractivity (Wildman–Crippen MR) is 138 cm³/mol. The molecule has 1 aliphatic rings. The molecule has 2 N–H and O–H groups in total. The monoisotopic (exact) mass is 491 g/mol. The van der Waals surface area contributed by atoms with E-state index in [0.717, 1.165) is 36.8 Å². The summed E-state index contributed by atoms with van der Waals surface area (Å²) in [5.74, 6) is -0.167. The molecule has 1 aromatic rings. The van der Waals surface area contributed by atoms with Crippen molar-refractivity contribution in [2.24, 2.45) is 5.92 Å². The molecule has 1 fully saturated rings. The van der Waals surface area contributed by atoms with E-state index < -0.39 is 23.8 Å². The van der Waals surface area contributed by atoms with Gasteiger partial charge in [0, 0.05) is 18.3 Å². The van der Waals surface area contributed by atoms with Gasteiger partial charge >= 0.3 is 6.09 Å². The Morgan fingerprint density at radius 3 is 2.38 bits per heavy atom. The highest BCUT2D eigenvalue weighted by atomic mass is 32.1. The summed E-state index contributed by atoms with van der Waals surface area (Å²) in [6.07, 6.45) is 3.10. The number of thiol groups is 1. The number of hydrogen-bond acceptors (Lipinski definition) is 5. The largest absolute Gasteiger partial charge is 0.444 e. The van der Waals surface area contributed by atoms with Crippen LogP contribution in [0.1, 0.15) is 77.5 Å². The van der Waals surface area contributed by atoms with E-state index in [1.165, 1.54) is 0 Å². The standard InChI is InChI=1S/C26H41N3O4S/c1-7-8-11-14-27-23(30)22(19-13-10-9-12-17(19)2)29(21-15-18(21)3)24(31)20(16-34)28-25(32)33-26(4,5)6/h9-10,12-13,18,20-22,34H,7-8,11,14-16H2,1-6H3,(H,27,30)(H,28,32). The molecule has 0 saturated heterocycles. The van der Waals surface area contributed by atoms with Gasteiger partial charge in [-0.05, 0) is 57.6 Å². The molecule has 0 aromatic heterocycles. The summed E-state index contributed by atoms with van der Waals surface area (Å²) in [6, 6.07) is 5.87. The van der Waals surface area contributed by atoms with E-state index in [0.29, 0.717) is 6.54 Å². The van der Waals surface area contributed by atoms with Crippen LogP contribution in [-0.4, -0.2) is 52.8 Å². The van der Waals surface area contributed by atoms with Crippen LogP contribution in [0.15, 0.2) is 24.3 Å². The van der Waals surface area contributed by atoms with Gasteiger partial charge in [-0.2, -0.15) is 12.6 Å². The normalized spacial score (nSPS) is 19.0. The van der Waals surface area contributed by atoms with Gasteiger partial charge in [-0.25, -0.2) is 4.79 Å². The van der Waals surface area contributed by atoms with Gasteiger partial charge < -0.3 is 20.3 Å². The average molecular weight is 492 g/mol. The van der Waals surface area contributed by atoms with Crippen molar-refractivity contribution in [2.45, 2.75) is 91.0 Å². The smallest absolute Gasteiger partial charge is 0.408 e. The lowest BCUT2D eigenvalue weighted by Crippen LogP contribution is -2.55. The molecular weight excluding hydrogens is 450 g/mol. The number of unbranched alkanes of at least 4 members (excludes halogenated alkanes) is 2. The summed E-state index contributed by atoms with van der Waals surface area (Å²) in [5.41, 5.74) is 1.03. The van der Waals surface area contributed by atoms with Crippen molar-refractivity contribution in [3.8, 4) is 0 Å². The SMILES string of the molecule is CCCCCNC(=O)C(c1ccccc1C)N(C(=O)C(CS)NC(=O)OC(C)(C)C)C1CC1C. The summed E-state index contributed by atoms with van der Waals surface area (Å²) in [7, 11) is 0. The number of amides is 3. The van der Waals surface area contributed by atoms with Gasteiger partial charge in [0.1, 0.15) is 17.7 Å². The Morgan fingerprint density at radius 1 is 1.21 bits per heavy atom. The van der Waals surface area contributed by atoms with E-state index in [4.69, 9.17) is 4.74 Å². The Labute approximate surface area is 209 Å². The number of carbonyl (C=O) groups is 3. The van der Waals surface area contributed by atoms with Gasteiger partial charge in [0.25, 0.3) is 0 Å². The van der Waals surface area contributed by atoms with Gasteiger partial charge in [-0.3, -0.25) is 9.59 Å². The fraction of sp³-hybridized carbons (Fsp3) is 0.654. The summed E-state index contributed by atoms with van der Waals surface area (Å²) in [4.78, 5) is 41.4. The molecule has 0 heterocycles. The van der Waals surface area contributed by atoms with Crippen LogP contribution in [0.4, 0.5) is 4.79 Å². The number of nitrogens with zero attached hydrogens (tertiary/aromatic N) is 1. The van der Waals surface area contributed by atoms with Crippen molar-refractivity contribution in [1.82, 2.24) is 15.5 Å². The first-order valence-corrected chi connectivity index (χ1v) is 12.9. The third-order valence-electron chi connectivity index (χ3n) is 5.94. The van der Waals surface area contributed by atoms with Gasteiger partial charge in [0.15, 0.2) is 0 Å². The van der Waals surface area contributed by atoms with Crippen LogP contribution in [-0.2, 0) is 14.3 Å². The van der Waals surface area contributed by atoms with Crippen molar-refractivity contribution >= 4 is 30.5 Å². The molecule has 1 aromatic carbocycles. The molecule has 1 aliphatic carbocycles. The number of aryl methyl sites for hydroxylation is 1. The molecule has 1 saturated carbocycles. The van der Waals surface area contributed by atoms with Crippen LogP contribution in [0.3, 0.4) is 0 Å². The summed E-state index contributed by atoms with van der Waals surface area (Å²) >= 11 is 4.34. The van der Waals surface area contributed by atoms with Gasteiger partial charge in [-0.15, -0.1) is 0 Å². The second kappa shape index (κ2) is 12.5.